The van der Waals surface area contributed by atoms with Crippen LogP contribution in [-0.4, -0.2) is 27.2 Å². The smallest absolute Gasteiger partial charge is 0.389 e. The molecular weight excluding hydrogens is 281 g/mol. The van der Waals surface area contributed by atoms with E-state index in [1.807, 2.05) is 0 Å². The Hall–Kier alpha value is -1.05. The quantitative estimate of drug-likeness (QED) is 0.895. The van der Waals surface area contributed by atoms with Crippen molar-refractivity contribution in [2.24, 2.45) is 0 Å². The number of halogens is 3. The molecule has 2 N–H and O–H groups in total. The highest BCUT2D eigenvalue weighted by Crippen LogP contribution is 2.30. The highest BCUT2D eigenvalue weighted by atomic mass is 32.2. The highest BCUT2D eigenvalue weighted by Gasteiger charge is 2.30. The second-order valence-corrected chi connectivity index (χ2v) is 5.13. The Morgan fingerprint density at radius 2 is 1.79 bits per heavy atom. The van der Waals surface area contributed by atoms with E-state index in [-0.39, 0.29) is 16.4 Å². The van der Waals surface area contributed by atoms with Crippen molar-refractivity contribution in [1.82, 2.24) is 0 Å². The Kier molecular flexibility index (Phi) is 5.39. The van der Waals surface area contributed by atoms with Crippen LogP contribution in [0.4, 0.5) is 13.2 Å². The third-order valence-electron chi connectivity index (χ3n) is 2.40. The summed E-state index contributed by atoms with van der Waals surface area (Å²) in [5.41, 5.74) is -0.652. The molecule has 2 unspecified atom stereocenters. The molecule has 2 atom stereocenters. The minimum Gasteiger partial charge on any atom is -0.389 e. The van der Waals surface area contributed by atoms with Crippen LogP contribution in [0.2, 0.25) is 0 Å². The molecule has 106 valence electrons. The van der Waals surface area contributed by atoms with Gasteiger partial charge < -0.3 is 10.2 Å². The molecule has 0 saturated heterocycles. The number of thioether (sulfide) groups is 1. The van der Waals surface area contributed by atoms with E-state index in [2.05, 4.69) is 0 Å². The maximum Gasteiger partial charge on any atom is 0.416 e. The van der Waals surface area contributed by atoms with Gasteiger partial charge in [0.05, 0.1) is 11.7 Å². The van der Waals surface area contributed by atoms with Gasteiger partial charge in [0.2, 0.25) is 0 Å². The number of aliphatic hydroxyl groups excluding tert-OH is 2. The molecule has 0 radical (unpaired) electrons. The van der Waals surface area contributed by atoms with Crippen LogP contribution in [0.3, 0.4) is 0 Å². The van der Waals surface area contributed by atoms with Crippen LogP contribution in [0.5, 0.6) is 0 Å². The van der Waals surface area contributed by atoms with Crippen LogP contribution < -0.4 is 0 Å². The SMILES string of the molecule is CC(=O)SCC(O)C(O)c1ccc(C(F)(F)F)cc1. The molecule has 1 aromatic carbocycles. The molecule has 19 heavy (non-hydrogen) atoms. The van der Waals surface area contributed by atoms with Gasteiger partial charge in [-0.1, -0.05) is 23.9 Å². The molecule has 0 amide bonds. The molecule has 0 spiro atoms. The first-order valence-electron chi connectivity index (χ1n) is 5.38. The van der Waals surface area contributed by atoms with Crippen LogP contribution in [0, 0.1) is 0 Å². The van der Waals surface area contributed by atoms with Crippen molar-refractivity contribution in [3.63, 3.8) is 0 Å². The number of hydrogen-bond acceptors (Lipinski definition) is 4. The largest absolute Gasteiger partial charge is 0.416 e. The Balaban J connectivity index is 2.72. The lowest BCUT2D eigenvalue weighted by molar-refractivity contribution is -0.137. The van der Waals surface area contributed by atoms with Crippen LogP contribution in [0.25, 0.3) is 0 Å². The van der Waals surface area contributed by atoms with E-state index in [1.54, 1.807) is 0 Å². The van der Waals surface area contributed by atoms with Gasteiger partial charge in [-0.2, -0.15) is 13.2 Å². The summed E-state index contributed by atoms with van der Waals surface area (Å²) in [5.74, 6) is -0.0163. The average molecular weight is 294 g/mol. The van der Waals surface area contributed by atoms with Gasteiger partial charge in [0, 0.05) is 12.7 Å². The lowest BCUT2D eigenvalue weighted by atomic mass is 10.0. The second kappa shape index (κ2) is 6.40. The van der Waals surface area contributed by atoms with Crippen LogP contribution in [0.15, 0.2) is 24.3 Å². The van der Waals surface area contributed by atoms with Crippen molar-refractivity contribution in [2.45, 2.75) is 25.3 Å². The van der Waals surface area contributed by atoms with Crippen molar-refractivity contribution in [2.75, 3.05) is 5.75 Å². The Morgan fingerprint density at radius 1 is 1.26 bits per heavy atom. The number of carbonyl (C=O) groups excluding carboxylic acids is 1. The monoisotopic (exact) mass is 294 g/mol. The van der Waals surface area contributed by atoms with Crippen molar-refractivity contribution >= 4 is 16.9 Å². The molecular formula is C12H13F3O3S. The lowest BCUT2D eigenvalue weighted by Crippen LogP contribution is -2.21. The fourth-order valence-corrected chi connectivity index (χ4v) is 1.97. The molecule has 0 aliphatic carbocycles. The topological polar surface area (TPSA) is 57.5 Å². The van der Waals surface area contributed by atoms with E-state index in [4.69, 9.17) is 0 Å². The summed E-state index contributed by atoms with van der Waals surface area (Å²) in [5, 5.41) is 19.1. The molecule has 0 aliphatic heterocycles. The maximum absolute atomic E-state index is 12.3. The van der Waals surface area contributed by atoms with E-state index in [0.717, 1.165) is 36.0 Å². The predicted molar refractivity (Wildman–Crippen MR) is 65.5 cm³/mol. The van der Waals surface area contributed by atoms with Gasteiger partial charge in [-0.05, 0) is 17.7 Å². The van der Waals surface area contributed by atoms with E-state index in [9.17, 15) is 28.2 Å². The first-order chi connectivity index (χ1) is 8.71. The number of rotatable bonds is 4. The van der Waals surface area contributed by atoms with Crippen molar-refractivity contribution in [3.05, 3.63) is 35.4 Å². The number of carbonyl (C=O) groups is 1. The number of aliphatic hydroxyl groups is 2. The Morgan fingerprint density at radius 3 is 2.21 bits per heavy atom. The molecule has 7 heteroatoms. The predicted octanol–water partition coefficient (Wildman–Crippen LogP) is 2.38. The molecule has 0 fully saturated rings. The molecule has 1 aromatic rings. The highest BCUT2D eigenvalue weighted by molar-refractivity contribution is 8.13. The van der Waals surface area contributed by atoms with Gasteiger partial charge in [-0.3, -0.25) is 4.79 Å². The van der Waals surface area contributed by atoms with Gasteiger partial charge in [-0.15, -0.1) is 0 Å². The first-order valence-corrected chi connectivity index (χ1v) is 6.37. The first kappa shape index (κ1) is 16.0. The van der Waals surface area contributed by atoms with Gasteiger partial charge in [-0.25, -0.2) is 0 Å². The molecule has 0 bridgehead atoms. The summed E-state index contributed by atoms with van der Waals surface area (Å²) in [6.07, 6.45) is -6.98. The fraction of sp³-hybridized carbons (Fsp3) is 0.417. The normalized spacial score (nSPS) is 15.1. The van der Waals surface area contributed by atoms with Crippen molar-refractivity contribution in [1.29, 1.82) is 0 Å². The second-order valence-electron chi connectivity index (χ2n) is 3.93. The lowest BCUT2D eigenvalue weighted by Gasteiger charge is -2.18. The van der Waals surface area contributed by atoms with Crippen LogP contribution in [0.1, 0.15) is 24.2 Å². The van der Waals surface area contributed by atoms with Gasteiger partial charge in [0.1, 0.15) is 6.10 Å². The zero-order valence-electron chi connectivity index (χ0n) is 10.0. The van der Waals surface area contributed by atoms with E-state index in [1.165, 1.54) is 6.92 Å². The minimum absolute atomic E-state index is 0.0163. The average Bonchev–Trinajstić information content (AvgIpc) is 2.34. The zero-order valence-corrected chi connectivity index (χ0v) is 10.8. The maximum atomic E-state index is 12.3. The summed E-state index contributed by atoms with van der Waals surface area (Å²) in [4.78, 5) is 10.7. The fourth-order valence-electron chi connectivity index (χ4n) is 1.39. The number of benzene rings is 1. The Labute approximate surface area is 112 Å². The number of hydrogen-bond donors (Lipinski definition) is 2. The van der Waals surface area contributed by atoms with Crippen LogP contribution >= 0.6 is 11.8 Å². The van der Waals surface area contributed by atoms with Gasteiger partial charge in [0.15, 0.2) is 5.12 Å². The molecule has 1 rings (SSSR count). The van der Waals surface area contributed by atoms with Crippen molar-refractivity contribution in [3.8, 4) is 0 Å². The third-order valence-corrected chi connectivity index (χ3v) is 3.32. The molecule has 0 aliphatic rings. The van der Waals surface area contributed by atoms with E-state index >= 15 is 0 Å². The third kappa shape index (κ3) is 4.85. The minimum atomic E-state index is -4.44. The summed E-state index contributed by atoms with van der Waals surface area (Å²) in [7, 11) is 0. The summed E-state index contributed by atoms with van der Waals surface area (Å²) >= 11 is 0.841. The van der Waals surface area contributed by atoms with E-state index < -0.39 is 23.9 Å². The molecule has 0 aromatic heterocycles. The van der Waals surface area contributed by atoms with Crippen LogP contribution in [-0.2, 0) is 11.0 Å². The number of alkyl halides is 3. The summed E-state index contributed by atoms with van der Waals surface area (Å²) in [6, 6.07) is 3.89. The molecule has 0 heterocycles. The summed E-state index contributed by atoms with van der Waals surface area (Å²) in [6.45, 7) is 1.32. The zero-order chi connectivity index (χ0) is 14.6. The standard InChI is InChI=1S/C12H13F3O3S/c1-7(16)19-6-10(17)11(18)8-2-4-9(5-3-8)12(13,14)15/h2-5,10-11,17-18H,6H2,1H3. The van der Waals surface area contributed by atoms with Gasteiger partial charge >= 0.3 is 6.18 Å². The van der Waals surface area contributed by atoms with Gasteiger partial charge in [0.25, 0.3) is 0 Å². The Bertz CT molecular complexity index is 431. The van der Waals surface area contributed by atoms with Crippen molar-refractivity contribution < 1.29 is 28.2 Å². The molecule has 0 saturated carbocycles. The molecule has 3 nitrogen and oxygen atoms in total. The van der Waals surface area contributed by atoms with E-state index in [0.29, 0.717) is 0 Å². The summed E-state index contributed by atoms with van der Waals surface area (Å²) < 4.78 is 37.0.